The minimum Gasteiger partial charge on any atom is -0.456 e. The summed E-state index contributed by atoms with van der Waals surface area (Å²) in [5.41, 5.74) is 0.894. The molecule has 1 amide bonds. The highest BCUT2D eigenvalue weighted by Gasteiger charge is 2.76. The van der Waals surface area contributed by atoms with E-state index in [1.54, 1.807) is 6.92 Å². The summed E-state index contributed by atoms with van der Waals surface area (Å²) < 4.78 is 10.8. The third kappa shape index (κ3) is 2.38. The van der Waals surface area contributed by atoms with E-state index in [-0.39, 0.29) is 24.7 Å². The molecule has 2 aliphatic heterocycles. The first-order valence-electron chi connectivity index (χ1n) is 8.45. The fourth-order valence-corrected chi connectivity index (χ4v) is 3.77. The van der Waals surface area contributed by atoms with Crippen LogP contribution in [0.5, 0.6) is 0 Å². The predicted octanol–water partition coefficient (Wildman–Crippen LogP) is 3.63. The van der Waals surface area contributed by atoms with Crippen molar-refractivity contribution in [2.24, 2.45) is 0 Å². The number of benzene rings is 2. The molecule has 2 saturated heterocycles. The van der Waals surface area contributed by atoms with Crippen LogP contribution in [0.3, 0.4) is 0 Å². The molecular formula is C20H19NO4. The zero-order valence-electron chi connectivity index (χ0n) is 13.9. The largest absolute Gasteiger partial charge is 0.456 e. The summed E-state index contributed by atoms with van der Waals surface area (Å²) in [4.78, 5) is 26.7. The summed E-state index contributed by atoms with van der Waals surface area (Å²) >= 11 is 0. The van der Waals surface area contributed by atoms with Crippen LogP contribution in [0.2, 0.25) is 0 Å². The van der Waals surface area contributed by atoms with Crippen LogP contribution < -0.4 is 0 Å². The first-order chi connectivity index (χ1) is 12.2. The van der Waals surface area contributed by atoms with Gasteiger partial charge in [-0.2, -0.15) is 0 Å². The second kappa shape index (κ2) is 5.92. The van der Waals surface area contributed by atoms with Crippen molar-refractivity contribution in [2.75, 3.05) is 6.61 Å². The van der Waals surface area contributed by atoms with E-state index in [0.717, 1.165) is 11.1 Å². The second-order valence-corrected chi connectivity index (χ2v) is 6.32. The van der Waals surface area contributed by atoms with Gasteiger partial charge >= 0.3 is 12.1 Å². The van der Waals surface area contributed by atoms with Gasteiger partial charge in [0.1, 0.15) is 6.10 Å². The van der Waals surface area contributed by atoms with Crippen LogP contribution >= 0.6 is 0 Å². The summed E-state index contributed by atoms with van der Waals surface area (Å²) in [6.45, 7) is 2.02. The highest BCUT2D eigenvalue weighted by Crippen LogP contribution is 2.62. The van der Waals surface area contributed by atoms with Crippen LogP contribution in [-0.4, -0.2) is 29.1 Å². The molecule has 0 radical (unpaired) electrons. The molecule has 2 fully saturated rings. The van der Waals surface area contributed by atoms with E-state index >= 15 is 0 Å². The topological polar surface area (TPSA) is 55.6 Å². The molecule has 3 atom stereocenters. The van der Waals surface area contributed by atoms with Gasteiger partial charge in [0.05, 0.1) is 12.6 Å². The van der Waals surface area contributed by atoms with Gasteiger partial charge in [-0.15, -0.1) is 0 Å². The van der Waals surface area contributed by atoms with E-state index in [1.165, 1.54) is 4.90 Å². The molecule has 0 unspecified atom stereocenters. The number of ether oxygens (including phenoxy) is 2. The predicted molar refractivity (Wildman–Crippen MR) is 90.7 cm³/mol. The maximum absolute atomic E-state index is 12.8. The molecule has 5 heteroatoms. The van der Waals surface area contributed by atoms with Crippen LogP contribution in [0, 0.1) is 0 Å². The standard InChI is InChI=1S/C20H19NO4/c1-2-24-19(23)21-17(15-11-7-4-8-12-15)20(21)13-16(25-18(20)22)14-9-5-3-6-10-14/h3-12,16-17H,2,13H2,1H3/t16-,17-,20+,21?/m1/s1. The summed E-state index contributed by atoms with van der Waals surface area (Å²) in [6, 6.07) is 18.9. The van der Waals surface area contributed by atoms with E-state index in [2.05, 4.69) is 0 Å². The summed E-state index contributed by atoms with van der Waals surface area (Å²) in [7, 11) is 0. The van der Waals surface area contributed by atoms with Crippen molar-refractivity contribution in [3.8, 4) is 0 Å². The summed E-state index contributed by atoms with van der Waals surface area (Å²) in [5, 5.41) is 0. The lowest BCUT2D eigenvalue weighted by Gasteiger charge is -2.08. The SMILES string of the molecule is CCOC(=O)N1[C@H](c2ccccc2)[C@]12C[C@H](c1ccccc1)OC2=O. The zero-order valence-corrected chi connectivity index (χ0v) is 13.9. The Kier molecular flexibility index (Phi) is 3.71. The van der Waals surface area contributed by atoms with Gasteiger partial charge in [0.25, 0.3) is 0 Å². The molecule has 0 aromatic heterocycles. The normalized spacial score (nSPS) is 27.2. The maximum Gasteiger partial charge on any atom is 0.411 e. The molecule has 0 aliphatic carbocycles. The lowest BCUT2D eigenvalue weighted by Crippen LogP contribution is -2.28. The van der Waals surface area contributed by atoms with E-state index < -0.39 is 11.6 Å². The third-order valence-corrected chi connectivity index (χ3v) is 4.92. The smallest absolute Gasteiger partial charge is 0.411 e. The molecule has 2 aromatic rings. The molecule has 5 nitrogen and oxygen atoms in total. The number of rotatable bonds is 3. The van der Waals surface area contributed by atoms with Crippen LogP contribution in [0.1, 0.15) is 36.6 Å². The van der Waals surface area contributed by atoms with Crippen molar-refractivity contribution in [2.45, 2.75) is 31.0 Å². The highest BCUT2D eigenvalue weighted by molar-refractivity contribution is 5.95. The van der Waals surface area contributed by atoms with E-state index in [4.69, 9.17) is 9.47 Å². The maximum atomic E-state index is 12.8. The number of amides is 1. The minimum absolute atomic E-state index is 0.268. The van der Waals surface area contributed by atoms with Gasteiger partial charge in [-0.1, -0.05) is 60.7 Å². The van der Waals surface area contributed by atoms with Gasteiger partial charge in [0, 0.05) is 6.42 Å². The molecule has 128 valence electrons. The first kappa shape index (κ1) is 15.7. The number of esters is 1. The average Bonchev–Trinajstić information content (AvgIpc) is 3.20. The fourth-order valence-electron chi connectivity index (χ4n) is 3.77. The first-order valence-corrected chi connectivity index (χ1v) is 8.45. The van der Waals surface area contributed by atoms with Gasteiger partial charge in [0.2, 0.25) is 0 Å². The molecule has 1 spiro atoms. The van der Waals surface area contributed by atoms with Crippen molar-refractivity contribution in [1.82, 2.24) is 4.90 Å². The molecule has 4 rings (SSSR count). The summed E-state index contributed by atoms with van der Waals surface area (Å²) in [5.74, 6) is -0.358. The monoisotopic (exact) mass is 337 g/mol. The number of hydrogen-bond acceptors (Lipinski definition) is 4. The lowest BCUT2D eigenvalue weighted by atomic mass is 9.94. The Hall–Kier alpha value is -2.82. The number of carbonyl (C=O) groups excluding carboxylic acids is 2. The molecule has 0 N–H and O–H groups in total. The van der Waals surface area contributed by atoms with Crippen molar-refractivity contribution in [3.05, 3.63) is 71.8 Å². The minimum atomic E-state index is -0.964. The van der Waals surface area contributed by atoms with Crippen molar-refractivity contribution in [1.29, 1.82) is 0 Å². The lowest BCUT2D eigenvalue weighted by molar-refractivity contribution is -0.144. The van der Waals surface area contributed by atoms with Gasteiger partial charge in [0.15, 0.2) is 5.54 Å². The Morgan fingerprint density at radius 2 is 1.72 bits per heavy atom. The fraction of sp³-hybridized carbons (Fsp3) is 0.300. The van der Waals surface area contributed by atoms with Gasteiger partial charge in [-0.25, -0.2) is 9.59 Å². The van der Waals surface area contributed by atoms with Crippen molar-refractivity contribution in [3.63, 3.8) is 0 Å². The van der Waals surface area contributed by atoms with Crippen LogP contribution in [0.15, 0.2) is 60.7 Å². The van der Waals surface area contributed by atoms with Crippen molar-refractivity contribution < 1.29 is 19.1 Å². The Labute approximate surface area is 146 Å². The number of cyclic esters (lactones) is 1. The summed E-state index contributed by atoms with van der Waals surface area (Å²) in [6.07, 6.45) is -0.379. The zero-order chi connectivity index (χ0) is 17.4. The van der Waals surface area contributed by atoms with E-state index in [0.29, 0.717) is 6.42 Å². The highest BCUT2D eigenvalue weighted by atomic mass is 16.6. The molecule has 2 heterocycles. The number of nitrogens with zero attached hydrogens (tertiary/aromatic N) is 1. The van der Waals surface area contributed by atoms with Gasteiger partial charge in [-0.3, -0.25) is 4.90 Å². The molecular weight excluding hydrogens is 318 g/mol. The molecule has 0 bridgehead atoms. The van der Waals surface area contributed by atoms with Gasteiger partial charge < -0.3 is 9.47 Å². The molecule has 2 aliphatic rings. The van der Waals surface area contributed by atoms with Crippen LogP contribution in [-0.2, 0) is 14.3 Å². The number of carbonyl (C=O) groups is 2. The number of hydrogen-bond donors (Lipinski definition) is 0. The Balaban J connectivity index is 1.68. The molecule has 2 aromatic carbocycles. The Bertz CT molecular complexity index is 792. The molecule has 25 heavy (non-hydrogen) atoms. The van der Waals surface area contributed by atoms with Crippen molar-refractivity contribution >= 4 is 12.1 Å². The van der Waals surface area contributed by atoms with Gasteiger partial charge in [-0.05, 0) is 18.1 Å². The van der Waals surface area contributed by atoms with E-state index in [9.17, 15) is 9.59 Å². The van der Waals surface area contributed by atoms with Crippen LogP contribution in [0.4, 0.5) is 4.79 Å². The second-order valence-electron chi connectivity index (χ2n) is 6.32. The van der Waals surface area contributed by atoms with E-state index in [1.807, 2.05) is 60.7 Å². The average molecular weight is 337 g/mol. The Morgan fingerprint density at radius 3 is 2.32 bits per heavy atom. The quantitative estimate of drug-likeness (QED) is 0.634. The molecule has 0 saturated carbocycles. The third-order valence-electron chi connectivity index (χ3n) is 4.92. The Morgan fingerprint density at radius 1 is 1.12 bits per heavy atom. The van der Waals surface area contributed by atoms with Crippen LogP contribution in [0.25, 0.3) is 0 Å².